The van der Waals surface area contributed by atoms with Crippen molar-refractivity contribution in [2.45, 2.75) is 33.8 Å². The minimum atomic E-state index is -0.343. The average Bonchev–Trinajstić information content (AvgIpc) is 3.19. The first kappa shape index (κ1) is 18.1. The molecule has 136 valence electrons. The van der Waals surface area contributed by atoms with Gasteiger partial charge in [0.1, 0.15) is 18.1 Å². The summed E-state index contributed by atoms with van der Waals surface area (Å²) in [5.41, 5.74) is 5.04. The Labute approximate surface area is 155 Å². The van der Waals surface area contributed by atoms with Gasteiger partial charge in [-0.15, -0.1) is 11.3 Å². The third-order valence-electron chi connectivity index (χ3n) is 4.06. The summed E-state index contributed by atoms with van der Waals surface area (Å²) >= 11 is 1.58. The van der Waals surface area contributed by atoms with Crippen molar-refractivity contribution < 1.29 is 18.8 Å². The number of nitrogens with zero attached hydrogens (tertiary/aromatic N) is 2. The van der Waals surface area contributed by atoms with E-state index in [9.17, 15) is 4.79 Å². The van der Waals surface area contributed by atoms with Crippen LogP contribution >= 0.6 is 11.3 Å². The first-order chi connectivity index (χ1) is 12.5. The molecule has 0 atom stereocenters. The molecule has 0 aliphatic heterocycles. The van der Waals surface area contributed by atoms with Crippen LogP contribution < -0.4 is 4.74 Å². The van der Waals surface area contributed by atoms with E-state index in [1.807, 2.05) is 20.8 Å². The monoisotopic (exact) mass is 372 g/mol. The number of benzene rings is 1. The van der Waals surface area contributed by atoms with Crippen molar-refractivity contribution in [1.82, 2.24) is 10.1 Å². The molecular weight excluding hydrogens is 352 g/mol. The summed E-state index contributed by atoms with van der Waals surface area (Å²) in [6.07, 6.45) is 0.681. The van der Waals surface area contributed by atoms with Crippen LogP contribution in [0.1, 0.15) is 37.9 Å². The molecule has 1 aromatic carbocycles. The van der Waals surface area contributed by atoms with Crippen LogP contribution in [0.25, 0.3) is 0 Å². The van der Waals surface area contributed by atoms with Gasteiger partial charge >= 0.3 is 5.97 Å². The van der Waals surface area contributed by atoms with E-state index < -0.39 is 0 Å². The van der Waals surface area contributed by atoms with Gasteiger partial charge in [-0.3, -0.25) is 0 Å². The Kier molecular flexibility index (Phi) is 5.68. The summed E-state index contributed by atoms with van der Waals surface area (Å²) in [6, 6.07) is 6.90. The number of carbonyl (C=O) groups is 1. The van der Waals surface area contributed by atoms with E-state index in [4.69, 9.17) is 14.0 Å². The van der Waals surface area contributed by atoms with E-state index in [-0.39, 0.29) is 5.97 Å². The third kappa shape index (κ3) is 4.29. The number of hydrogen-bond donors (Lipinski definition) is 0. The van der Waals surface area contributed by atoms with Crippen LogP contribution in [0.3, 0.4) is 0 Å². The Morgan fingerprint density at radius 1 is 1.15 bits per heavy atom. The summed E-state index contributed by atoms with van der Waals surface area (Å²) in [4.78, 5) is 17.4. The van der Waals surface area contributed by atoms with Gasteiger partial charge in [-0.25, -0.2) is 9.78 Å². The quantitative estimate of drug-likeness (QED) is 0.583. The molecule has 3 rings (SSSR count). The lowest BCUT2D eigenvalue weighted by Gasteiger charge is -2.07. The number of aromatic nitrogens is 2. The van der Waals surface area contributed by atoms with Gasteiger partial charge in [0.15, 0.2) is 0 Å². The first-order valence-electron chi connectivity index (χ1n) is 8.25. The maximum Gasteiger partial charge on any atom is 0.338 e. The standard InChI is InChI=1S/C19H20N2O4S/c1-12-17(14(3)25-21-12)10-24-16-6-4-15(5-7-16)19(22)23-9-8-18-13(2)20-11-26-18/h4-7,11H,8-10H2,1-3H3. The SMILES string of the molecule is Cc1ncsc1CCOC(=O)c1ccc(OCc2c(C)noc2C)cc1. The second kappa shape index (κ2) is 8.14. The molecular formula is C19H20N2O4S. The van der Waals surface area contributed by atoms with Crippen LogP contribution in [0, 0.1) is 20.8 Å². The molecule has 0 aliphatic carbocycles. The molecule has 6 nitrogen and oxygen atoms in total. The van der Waals surface area contributed by atoms with Crippen LogP contribution in [-0.2, 0) is 17.8 Å². The van der Waals surface area contributed by atoms with Gasteiger partial charge in [-0.1, -0.05) is 5.16 Å². The third-order valence-corrected chi connectivity index (χ3v) is 5.06. The minimum Gasteiger partial charge on any atom is -0.489 e. The molecule has 3 aromatic rings. The Bertz CT molecular complexity index is 864. The minimum absolute atomic E-state index is 0.339. The summed E-state index contributed by atoms with van der Waals surface area (Å²) in [7, 11) is 0. The van der Waals surface area contributed by atoms with Crippen LogP contribution in [0.15, 0.2) is 34.3 Å². The van der Waals surface area contributed by atoms with Crippen molar-refractivity contribution in [3.05, 3.63) is 62.9 Å². The number of aryl methyl sites for hydroxylation is 3. The molecule has 2 heterocycles. The molecule has 0 fully saturated rings. The highest BCUT2D eigenvalue weighted by Crippen LogP contribution is 2.18. The van der Waals surface area contributed by atoms with Crippen molar-refractivity contribution in [2.75, 3.05) is 6.61 Å². The van der Waals surface area contributed by atoms with Crippen LogP contribution in [0.2, 0.25) is 0 Å². The van der Waals surface area contributed by atoms with E-state index in [2.05, 4.69) is 10.1 Å². The first-order valence-corrected chi connectivity index (χ1v) is 9.13. The highest BCUT2D eigenvalue weighted by Gasteiger charge is 2.11. The van der Waals surface area contributed by atoms with Gasteiger partial charge in [-0.2, -0.15) is 0 Å². The van der Waals surface area contributed by atoms with E-state index in [0.717, 1.165) is 27.6 Å². The zero-order valence-electron chi connectivity index (χ0n) is 14.9. The largest absolute Gasteiger partial charge is 0.489 e. The topological polar surface area (TPSA) is 74.5 Å². The second-order valence-electron chi connectivity index (χ2n) is 5.86. The zero-order chi connectivity index (χ0) is 18.5. The van der Waals surface area contributed by atoms with Gasteiger partial charge in [0, 0.05) is 11.3 Å². The van der Waals surface area contributed by atoms with E-state index in [0.29, 0.717) is 30.9 Å². The molecule has 0 saturated heterocycles. The van der Waals surface area contributed by atoms with E-state index in [1.165, 1.54) is 0 Å². The molecule has 0 saturated carbocycles. The average molecular weight is 372 g/mol. The molecule has 26 heavy (non-hydrogen) atoms. The molecule has 0 N–H and O–H groups in total. The molecule has 0 radical (unpaired) electrons. The van der Waals surface area contributed by atoms with Crippen molar-refractivity contribution in [2.24, 2.45) is 0 Å². The summed E-state index contributed by atoms with van der Waals surface area (Å²) < 4.78 is 16.2. The number of hydrogen-bond acceptors (Lipinski definition) is 7. The number of esters is 1. The Morgan fingerprint density at radius 3 is 2.54 bits per heavy atom. The molecule has 0 unspecified atom stereocenters. The molecule has 2 aromatic heterocycles. The number of ether oxygens (including phenoxy) is 2. The highest BCUT2D eigenvalue weighted by molar-refractivity contribution is 7.09. The van der Waals surface area contributed by atoms with Crippen LogP contribution in [0.5, 0.6) is 5.75 Å². The predicted molar refractivity (Wildman–Crippen MR) is 97.6 cm³/mol. The highest BCUT2D eigenvalue weighted by atomic mass is 32.1. The lowest BCUT2D eigenvalue weighted by Crippen LogP contribution is -2.08. The smallest absolute Gasteiger partial charge is 0.338 e. The summed E-state index contributed by atoms with van der Waals surface area (Å²) in [5, 5.41) is 3.90. The van der Waals surface area contributed by atoms with Gasteiger partial charge in [0.05, 0.1) is 34.6 Å². The number of thiazole rings is 1. The van der Waals surface area contributed by atoms with Crippen molar-refractivity contribution >= 4 is 17.3 Å². The molecule has 7 heteroatoms. The lowest BCUT2D eigenvalue weighted by molar-refractivity contribution is 0.0509. The van der Waals surface area contributed by atoms with E-state index in [1.54, 1.807) is 41.1 Å². The van der Waals surface area contributed by atoms with Crippen molar-refractivity contribution in [3.8, 4) is 5.75 Å². The second-order valence-corrected chi connectivity index (χ2v) is 6.80. The van der Waals surface area contributed by atoms with E-state index >= 15 is 0 Å². The predicted octanol–water partition coefficient (Wildman–Crippen LogP) is 4.03. The molecule has 0 amide bonds. The fourth-order valence-electron chi connectivity index (χ4n) is 2.44. The van der Waals surface area contributed by atoms with Gasteiger partial charge in [0.25, 0.3) is 0 Å². The number of carbonyl (C=O) groups excluding carboxylic acids is 1. The maximum absolute atomic E-state index is 12.1. The van der Waals surface area contributed by atoms with Crippen molar-refractivity contribution in [1.29, 1.82) is 0 Å². The normalized spacial score (nSPS) is 10.7. The van der Waals surface area contributed by atoms with Gasteiger partial charge in [0.2, 0.25) is 0 Å². The molecule has 0 aliphatic rings. The number of rotatable bonds is 7. The Balaban J connectivity index is 1.50. The lowest BCUT2D eigenvalue weighted by atomic mass is 10.2. The molecule has 0 bridgehead atoms. The summed E-state index contributed by atoms with van der Waals surface area (Å²) in [5.74, 6) is 1.07. The fraction of sp³-hybridized carbons (Fsp3) is 0.316. The van der Waals surface area contributed by atoms with Crippen LogP contribution in [0.4, 0.5) is 0 Å². The van der Waals surface area contributed by atoms with Gasteiger partial charge < -0.3 is 14.0 Å². The van der Waals surface area contributed by atoms with Crippen molar-refractivity contribution in [3.63, 3.8) is 0 Å². The molecule has 0 spiro atoms. The fourth-order valence-corrected chi connectivity index (χ4v) is 3.20. The summed E-state index contributed by atoms with van der Waals surface area (Å²) in [6.45, 7) is 6.40. The Morgan fingerprint density at radius 2 is 1.92 bits per heavy atom. The maximum atomic E-state index is 12.1. The van der Waals surface area contributed by atoms with Crippen LogP contribution in [-0.4, -0.2) is 22.7 Å². The zero-order valence-corrected chi connectivity index (χ0v) is 15.8. The van der Waals surface area contributed by atoms with Gasteiger partial charge in [-0.05, 0) is 45.0 Å². The Hall–Kier alpha value is -2.67.